The molecule has 3 rings (SSSR count). The first-order chi connectivity index (χ1) is 9.20. The van der Waals surface area contributed by atoms with Gasteiger partial charge in [-0.1, -0.05) is 30.3 Å². The zero-order chi connectivity index (χ0) is 13.4. The van der Waals surface area contributed by atoms with Crippen molar-refractivity contribution in [1.82, 2.24) is 9.55 Å². The SMILES string of the molecule is Cc1cc2nc(-c3ccccc3)n(C#N)c2cc1C. The van der Waals surface area contributed by atoms with Crippen molar-refractivity contribution in [2.75, 3.05) is 0 Å². The van der Waals surface area contributed by atoms with Gasteiger partial charge in [0.25, 0.3) is 0 Å². The van der Waals surface area contributed by atoms with E-state index in [-0.39, 0.29) is 0 Å². The number of hydrogen-bond acceptors (Lipinski definition) is 2. The first kappa shape index (κ1) is 11.5. The summed E-state index contributed by atoms with van der Waals surface area (Å²) in [5.74, 6) is 0.697. The Labute approximate surface area is 111 Å². The third kappa shape index (κ3) is 1.78. The molecule has 92 valence electrons. The summed E-state index contributed by atoms with van der Waals surface area (Å²) in [4.78, 5) is 4.60. The summed E-state index contributed by atoms with van der Waals surface area (Å²) >= 11 is 0. The topological polar surface area (TPSA) is 41.6 Å². The maximum Gasteiger partial charge on any atom is 0.190 e. The van der Waals surface area contributed by atoms with Crippen LogP contribution in [0.15, 0.2) is 42.5 Å². The Morgan fingerprint density at radius 1 is 1.05 bits per heavy atom. The number of rotatable bonds is 1. The van der Waals surface area contributed by atoms with Crippen molar-refractivity contribution >= 4 is 11.0 Å². The summed E-state index contributed by atoms with van der Waals surface area (Å²) in [5.41, 5.74) is 5.04. The van der Waals surface area contributed by atoms with Gasteiger partial charge in [-0.15, -0.1) is 0 Å². The maximum absolute atomic E-state index is 9.40. The molecule has 3 aromatic rings. The highest BCUT2D eigenvalue weighted by atomic mass is 15.1. The highest BCUT2D eigenvalue weighted by Crippen LogP contribution is 2.26. The molecule has 19 heavy (non-hydrogen) atoms. The number of imidazole rings is 1. The van der Waals surface area contributed by atoms with E-state index < -0.39 is 0 Å². The minimum Gasteiger partial charge on any atom is -0.228 e. The predicted molar refractivity (Wildman–Crippen MR) is 75.7 cm³/mol. The lowest BCUT2D eigenvalue weighted by molar-refractivity contribution is 1.12. The van der Waals surface area contributed by atoms with Gasteiger partial charge in [0.1, 0.15) is 0 Å². The summed E-state index contributed by atoms with van der Waals surface area (Å²) < 4.78 is 1.59. The second kappa shape index (κ2) is 4.25. The van der Waals surface area contributed by atoms with Gasteiger partial charge < -0.3 is 0 Å². The molecule has 0 atom stereocenters. The fourth-order valence-corrected chi connectivity index (χ4v) is 2.21. The van der Waals surface area contributed by atoms with Crippen LogP contribution in [0, 0.1) is 25.3 Å². The van der Waals surface area contributed by atoms with E-state index in [0.717, 1.165) is 16.6 Å². The molecule has 0 fully saturated rings. The third-order valence-corrected chi connectivity index (χ3v) is 3.40. The van der Waals surface area contributed by atoms with E-state index in [0.29, 0.717) is 5.82 Å². The van der Waals surface area contributed by atoms with E-state index in [9.17, 15) is 5.26 Å². The molecule has 0 unspecified atom stereocenters. The molecule has 3 nitrogen and oxygen atoms in total. The standard InChI is InChI=1S/C16H13N3/c1-11-8-14-15(9-12(11)2)19(10-17)16(18-14)13-6-4-3-5-7-13/h3-9H,1-2H3. The van der Waals surface area contributed by atoms with Gasteiger partial charge in [0.2, 0.25) is 0 Å². The normalized spacial score (nSPS) is 10.6. The van der Waals surface area contributed by atoms with Crippen molar-refractivity contribution in [1.29, 1.82) is 5.26 Å². The molecule has 0 aliphatic heterocycles. The minimum absolute atomic E-state index is 0.697. The fourth-order valence-electron chi connectivity index (χ4n) is 2.21. The predicted octanol–water partition coefficient (Wildman–Crippen LogP) is 3.65. The number of nitrogens with zero attached hydrogens (tertiary/aromatic N) is 3. The van der Waals surface area contributed by atoms with E-state index >= 15 is 0 Å². The summed E-state index contributed by atoms with van der Waals surface area (Å²) in [7, 11) is 0. The fraction of sp³-hybridized carbons (Fsp3) is 0.125. The number of hydrogen-bond donors (Lipinski definition) is 0. The Morgan fingerprint density at radius 2 is 1.74 bits per heavy atom. The van der Waals surface area contributed by atoms with E-state index in [1.807, 2.05) is 49.4 Å². The molecule has 0 saturated carbocycles. The number of aromatic nitrogens is 2. The van der Waals surface area contributed by atoms with Crippen molar-refractivity contribution in [3.05, 3.63) is 53.6 Å². The van der Waals surface area contributed by atoms with Crippen LogP contribution in [0.1, 0.15) is 11.1 Å². The highest BCUT2D eigenvalue weighted by molar-refractivity contribution is 5.83. The van der Waals surface area contributed by atoms with Crippen LogP contribution in [0.4, 0.5) is 0 Å². The molecule has 0 N–H and O–H groups in total. The molecule has 0 radical (unpaired) electrons. The van der Waals surface area contributed by atoms with Crippen LogP contribution in [0.3, 0.4) is 0 Å². The largest absolute Gasteiger partial charge is 0.228 e. The zero-order valence-corrected chi connectivity index (χ0v) is 10.9. The van der Waals surface area contributed by atoms with Crippen LogP contribution < -0.4 is 0 Å². The molecule has 1 heterocycles. The zero-order valence-electron chi connectivity index (χ0n) is 10.9. The van der Waals surface area contributed by atoms with Gasteiger partial charge in [0, 0.05) is 5.56 Å². The molecular formula is C16H13N3. The molecule has 0 aliphatic rings. The average molecular weight is 247 g/mol. The third-order valence-electron chi connectivity index (χ3n) is 3.40. The molecule has 0 saturated heterocycles. The summed E-state index contributed by atoms with van der Waals surface area (Å²) in [5, 5.41) is 9.40. The molecule has 3 heteroatoms. The van der Waals surface area contributed by atoms with Gasteiger partial charge in [-0.25, -0.2) is 9.55 Å². The van der Waals surface area contributed by atoms with Crippen molar-refractivity contribution < 1.29 is 0 Å². The number of benzene rings is 2. The lowest BCUT2D eigenvalue weighted by Crippen LogP contribution is -1.92. The van der Waals surface area contributed by atoms with Crippen molar-refractivity contribution in [3.8, 4) is 17.6 Å². The van der Waals surface area contributed by atoms with E-state index in [4.69, 9.17) is 0 Å². The van der Waals surface area contributed by atoms with Gasteiger partial charge in [0.05, 0.1) is 11.0 Å². The van der Waals surface area contributed by atoms with Crippen LogP contribution in [-0.4, -0.2) is 9.55 Å². The molecule has 1 aromatic heterocycles. The first-order valence-corrected chi connectivity index (χ1v) is 6.16. The van der Waals surface area contributed by atoms with Gasteiger partial charge in [0.15, 0.2) is 12.0 Å². The Hall–Kier alpha value is -2.60. The second-order valence-corrected chi connectivity index (χ2v) is 4.66. The molecule has 0 amide bonds. The monoisotopic (exact) mass is 247 g/mol. The van der Waals surface area contributed by atoms with Crippen LogP contribution in [-0.2, 0) is 0 Å². The molecule has 0 spiro atoms. The second-order valence-electron chi connectivity index (χ2n) is 4.66. The maximum atomic E-state index is 9.40. The lowest BCUT2D eigenvalue weighted by Gasteiger charge is -2.00. The Bertz CT molecular complexity index is 792. The minimum atomic E-state index is 0.697. The quantitative estimate of drug-likeness (QED) is 0.658. The van der Waals surface area contributed by atoms with Gasteiger partial charge in [-0.05, 0) is 37.1 Å². The molecule has 0 bridgehead atoms. The summed E-state index contributed by atoms with van der Waals surface area (Å²) in [6.45, 7) is 4.11. The van der Waals surface area contributed by atoms with Crippen molar-refractivity contribution in [2.45, 2.75) is 13.8 Å². The lowest BCUT2D eigenvalue weighted by atomic mass is 10.1. The molecular weight excluding hydrogens is 234 g/mol. The van der Waals surface area contributed by atoms with Gasteiger partial charge in [-0.3, -0.25) is 0 Å². The first-order valence-electron chi connectivity index (χ1n) is 6.16. The van der Waals surface area contributed by atoms with Crippen molar-refractivity contribution in [2.24, 2.45) is 0 Å². The van der Waals surface area contributed by atoms with Crippen LogP contribution in [0.5, 0.6) is 0 Å². The number of fused-ring (bicyclic) bond motifs is 1. The Balaban J connectivity index is 2.36. The van der Waals surface area contributed by atoms with Crippen LogP contribution in [0.2, 0.25) is 0 Å². The number of aryl methyl sites for hydroxylation is 2. The van der Waals surface area contributed by atoms with Gasteiger partial charge >= 0.3 is 0 Å². The Kier molecular flexibility index (Phi) is 2.57. The molecule has 0 aliphatic carbocycles. The molecule has 2 aromatic carbocycles. The van der Waals surface area contributed by atoms with Crippen molar-refractivity contribution in [3.63, 3.8) is 0 Å². The smallest absolute Gasteiger partial charge is 0.190 e. The highest BCUT2D eigenvalue weighted by Gasteiger charge is 2.13. The summed E-state index contributed by atoms with van der Waals surface area (Å²) in [6.07, 6.45) is 2.22. The van der Waals surface area contributed by atoms with E-state index in [1.165, 1.54) is 11.1 Å². The van der Waals surface area contributed by atoms with Crippen LogP contribution in [0.25, 0.3) is 22.4 Å². The summed E-state index contributed by atoms with van der Waals surface area (Å²) in [6, 6.07) is 13.8. The Morgan fingerprint density at radius 3 is 2.42 bits per heavy atom. The van der Waals surface area contributed by atoms with Gasteiger partial charge in [-0.2, -0.15) is 5.26 Å². The number of nitriles is 1. The van der Waals surface area contributed by atoms with E-state index in [1.54, 1.807) is 4.57 Å². The van der Waals surface area contributed by atoms with E-state index in [2.05, 4.69) is 18.1 Å². The van der Waals surface area contributed by atoms with Crippen LogP contribution >= 0.6 is 0 Å². The average Bonchev–Trinajstić information content (AvgIpc) is 2.78.